The van der Waals surface area contributed by atoms with Gasteiger partial charge in [0.1, 0.15) is 0 Å². The van der Waals surface area contributed by atoms with Gasteiger partial charge in [0, 0.05) is 0 Å². The highest BCUT2D eigenvalue weighted by Gasteiger charge is 2.27. The second-order valence-corrected chi connectivity index (χ2v) is 3.41. The first kappa shape index (κ1) is 10.9. The first-order valence-corrected chi connectivity index (χ1v) is 4.33. The molecule has 0 unspecified atom stereocenters. The zero-order valence-corrected chi connectivity index (χ0v) is 7.93. The van der Waals surface area contributed by atoms with Gasteiger partial charge >= 0.3 is 6.98 Å². The minimum absolute atomic E-state index is 0.289. The van der Waals surface area contributed by atoms with Gasteiger partial charge < -0.3 is 12.9 Å². The third-order valence-electron chi connectivity index (χ3n) is 1.90. The summed E-state index contributed by atoms with van der Waals surface area (Å²) < 4.78 is 37.6. The second-order valence-electron chi connectivity index (χ2n) is 3.41. The molecule has 0 fully saturated rings. The highest BCUT2D eigenvalue weighted by molar-refractivity contribution is 6.74. The van der Waals surface area contributed by atoms with Gasteiger partial charge in [-0.2, -0.15) is 0 Å². The summed E-state index contributed by atoms with van der Waals surface area (Å²) in [5, 5.41) is 0. The molecule has 0 N–H and O–H groups in total. The van der Waals surface area contributed by atoms with Crippen LogP contribution < -0.4 is 5.46 Å². The Morgan fingerprint density at radius 3 is 2.36 bits per heavy atom. The van der Waals surface area contributed by atoms with Crippen molar-refractivity contribution in [1.29, 1.82) is 0 Å². The lowest BCUT2D eigenvalue weighted by Crippen LogP contribution is -2.36. The molecule has 76 valence electrons. The highest BCUT2D eigenvalue weighted by Crippen LogP contribution is 2.14. The Morgan fingerprint density at radius 2 is 1.86 bits per heavy atom. The average Bonchev–Trinajstić information content (AvgIpc) is 2.01. The van der Waals surface area contributed by atoms with Crippen molar-refractivity contribution in [3.8, 4) is 0 Å². The Labute approximate surface area is 81.5 Å². The molecule has 0 nitrogen and oxygen atoms in total. The SMILES string of the molecule is C=C(C)Cc1ccccc1[B-](F)(F)F. The van der Waals surface area contributed by atoms with E-state index in [0.29, 0.717) is 5.56 Å². The first-order chi connectivity index (χ1) is 6.41. The lowest BCUT2D eigenvalue weighted by Gasteiger charge is -2.19. The summed E-state index contributed by atoms with van der Waals surface area (Å²) >= 11 is 0. The standard InChI is InChI=1S/C10H11BF3/c1-8(2)7-9-5-3-4-6-10(9)11(12,13)14/h3-6H,1,7H2,2H3/q-1. The van der Waals surface area contributed by atoms with Gasteiger partial charge in [0.05, 0.1) is 0 Å². The lowest BCUT2D eigenvalue weighted by molar-refractivity contribution is 0.500. The number of allylic oxidation sites excluding steroid dienone is 1. The Balaban J connectivity index is 3.10. The van der Waals surface area contributed by atoms with Gasteiger partial charge in [0.25, 0.3) is 0 Å². The van der Waals surface area contributed by atoms with Crippen molar-refractivity contribution in [2.75, 3.05) is 0 Å². The number of benzene rings is 1. The summed E-state index contributed by atoms with van der Waals surface area (Å²) in [6.45, 7) is 0.427. The van der Waals surface area contributed by atoms with E-state index in [0.717, 1.165) is 11.6 Å². The van der Waals surface area contributed by atoms with Crippen molar-refractivity contribution in [3.63, 3.8) is 0 Å². The molecule has 0 heterocycles. The second kappa shape index (κ2) is 3.90. The normalized spacial score (nSPS) is 11.4. The number of halogens is 3. The van der Waals surface area contributed by atoms with Crippen LogP contribution in [0.4, 0.5) is 12.9 Å². The van der Waals surface area contributed by atoms with Gasteiger partial charge in [-0.1, -0.05) is 42.0 Å². The maximum atomic E-state index is 12.5. The molecule has 0 amide bonds. The minimum Gasteiger partial charge on any atom is -0.445 e. The molecule has 0 spiro atoms. The topological polar surface area (TPSA) is 0 Å². The molecule has 0 atom stereocenters. The predicted octanol–water partition coefficient (Wildman–Crippen LogP) is 2.86. The van der Waals surface area contributed by atoms with E-state index in [-0.39, 0.29) is 6.42 Å². The zero-order valence-electron chi connectivity index (χ0n) is 7.93. The molecule has 0 aliphatic rings. The van der Waals surface area contributed by atoms with Crippen molar-refractivity contribution in [3.05, 3.63) is 42.0 Å². The predicted molar refractivity (Wildman–Crippen MR) is 53.7 cm³/mol. The monoisotopic (exact) mass is 199 g/mol. The summed E-state index contributed by atoms with van der Waals surface area (Å²) in [7, 11) is 0. The lowest BCUT2D eigenvalue weighted by atomic mass is 9.76. The van der Waals surface area contributed by atoms with E-state index in [2.05, 4.69) is 6.58 Å². The van der Waals surface area contributed by atoms with Crippen LogP contribution in [-0.4, -0.2) is 6.98 Å². The van der Waals surface area contributed by atoms with Gasteiger partial charge in [-0.3, -0.25) is 0 Å². The van der Waals surface area contributed by atoms with Gasteiger partial charge in [-0.15, -0.1) is 5.46 Å². The molecule has 0 aliphatic heterocycles. The summed E-state index contributed by atoms with van der Waals surface area (Å²) in [6, 6.07) is 5.65. The van der Waals surface area contributed by atoms with Crippen molar-refractivity contribution in [2.24, 2.45) is 0 Å². The molecule has 1 rings (SSSR count). The van der Waals surface area contributed by atoms with Crippen molar-refractivity contribution < 1.29 is 12.9 Å². The molecule has 14 heavy (non-hydrogen) atoms. The van der Waals surface area contributed by atoms with Crippen molar-refractivity contribution in [1.82, 2.24) is 0 Å². The molecule has 1 aromatic rings. The zero-order chi connectivity index (χ0) is 10.8. The summed E-state index contributed by atoms with van der Waals surface area (Å²) in [4.78, 5) is 0. The minimum atomic E-state index is -4.91. The smallest absolute Gasteiger partial charge is 0.445 e. The maximum absolute atomic E-state index is 12.5. The molecule has 0 aliphatic carbocycles. The van der Waals surface area contributed by atoms with Gasteiger partial charge in [-0.25, -0.2) is 0 Å². The number of hydrogen-bond acceptors (Lipinski definition) is 0. The number of hydrogen-bond donors (Lipinski definition) is 0. The quantitative estimate of drug-likeness (QED) is 0.518. The van der Waals surface area contributed by atoms with Gasteiger partial charge in [-0.05, 0) is 13.3 Å². The summed E-state index contributed by atoms with van der Waals surface area (Å²) in [5.74, 6) is 0. The van der Waals surface area contributed by atoms with Crippen molar-refractivity contribution >= 4 is 12.4 Å². The molecule has 0 radical (unpaired) electrons. The Morgan fingerprint density at radius 1 is 1.29 bits per heavy atom. The molecule has 0 aromatic heterocycles. The van der Waals surface area contributed by atoms with Gasteiger partial charge in [0.15, 0.2) is 0 Å². The largest absolute Gasteiger partial charge is 0.509 e. The molecule has 4 heteroatoms. The fourth-order valence-electron chi connectivity index (χ4n) is 1.34. The van der Waals surface area contributed by atoms with E-state index in [1.54, 1.807) is 13.0 Å². The third-order valence-corrected chi connectivity index (χ3v) is 1.90. The maximum Gasteiger partial charge on any atom is 0.509 e. The van der Waals surface area contributed by atoms with Crippen LogP contribution >= 0.6 is 0 Å². The molecule has 0 bridgehead atoms. The number of rotatable bonds is 3. The fraction of sp³-hybridized carbons (Fsp3) is 0.200. The van der Waals surface area contributed by atoms with Gasteiger partial charge in [0.2, 0.25) is 0 Å². The van der Waals surface area contributed by atoms with Crippen LogP contribution in [0.5, 0.6) is 0 Å². The molecule has 0 saturated heterocycles. The Kier molecular flexibility index (Phi) is 3.04. The van der Waals surface area contributed by atoms with Crippen LogP contribution in [0.15, 0.2) is 36.4 Å². The average molecular weight is 199 g/mol. The fourth-order valence-corrected chi connectivity index (χ4v) is 1.34. The van der Waals surface area contributed by atoms with Crippen LogP contribution in [-0.2, 0) is 6.42 Å². The molecule has 1 aromatic carbocycles. The summed E-state index contributed by atoms with van der Waals surface area (Å²) in [5.41, 5.74) is 0.542. The van der Waals surface area contributed by atoms with E-state index >= 15 is 0 Å². The molecular formula is C10H11BF3-. The van der Waals surface area contributed by atoms with E-state index in [4.69, 9.17) is 0 Å². The van der Waals surface area contributed by atoms with Crippen LogP contribution in [0.2, 0.25) is 0 Å². The van der Waals surface area contributed by atoms with E-state index in [9.17, 15) is 12.9 Å². The Hall–Kier alpha value is -1.19. The molecule has 0 saturated carbocycles. The van der Waals surface area contributed by atoms with Crippen LogP contribution in [0.3, 0.4) is 0 Å². The van der Waals surface area contributed by atoms with E-state index in [1.807, 2.05) is 0 Å². The van der Waals surface area contributed by atoms with E-state index in [1.165, 1.54) is 12.1 Å². The summed E-state index contributed by atoms with van der Waals surface area (Å²) in [6.07, 6.45) is 0.289. The Bertz CT molecular complexity index is 341. The van der Waals surface area contributed by atoms with Crippen molar-refractivity contribution in [2.45, 2.75) is 13.3 Å². The first-order valence-electron chi connectivity index (χ1n) is 4.33. The van der Waals surface area contributed by atoms with Crippen LogP contribution in [0.1, 0.15) is 12.5 Å². The third kappa shape index (κ3) is 2.65. The van der Waals surface area contributed by atoms with Crippen LogP contribution in [0.25, 0.3) is 0 Å². The van der Waals surface area contributed by atoms with E-state index < -0.39 is 12.4 Å². The highest BCUT2D eigenvalue weighted by atomic mass is 19.4. The van der Waals surface area contributed by atoms with Crippen LogP contribution in [0, 0.1) is 0 Å². The molecular weight excluding hydrogens is 188 g/mol.